The molecule has 0 saturated carbocycles. The highest BCUT2D eigenvalue weighted by Crippen LogP contribution is 2.21. The van der Waals surface area contributed by atoms with Crippen LogP contribution in [0.25, 0.3) is 11.5 Å². The number of furan rings is 1. The summed E-state index contributed by atoms with van der Waals surface area (Å²) < 4.78 is 29.5. The maximum atomic E-state index is 11.4. The van der Waals surface area contributed by atoms with Crippen LogP contribution in [0.1, 0.15) is 17.3 Å². The summed E-state index contributed by atoms with van der Waals surface area (Å²) in [7, 11) is -3.05. The standard InChI is InChI=1S/C12H14N2O4S/c1-2-19(16,17)7-5-14-8-10(9-15)12(13-14)11-4-3-6-18-11/h3-4,6,8-9H,2,5,7H2,1H3. The van der Waals surface area contributed by atoms with Crippen molar-refractivity contribution in [2.45, 2.75) is 13.5 Å². The zero-order chi connectivity index (χ0) is 13.9. The molecule has 0 aliphatic carbocycles. The SMILES string of the molecule is CCS(=O)(=O)CCn1cc(C=O)c(-c2ccco2)n1. The van der Waals surface area contributed by atoms with E-state index >= 15 is 0 Å². The van der Waals surface area contributed by atoms with Crippen LogP contribution in [0.5, 0.6) is 0 Å². The van der Waals surface area contributed by atoms with Gasteiger partial charge in [-0.3, -0.25) is 9.48 Å². The molecule has 0 N–H and O–H groups in total. The molecule has 19 heavy (non-hydrogen) atoms. The van der Waals surface area contributed by atoms with Crippen molar-refractivity contribution in [3.63, 3.8) is 0 Å². The molecule has 7 heteroatoms. The van der Waals surface area contributed by atoms with Crippen molar-refractivity contribution in [2.24, 2.45) is 0 Å². The van der Waals surface area contributed by atoms with Crippen LogP contribution >= 0.6 is 0 Å². The third-order valence-corrected chi connectivity index (χ3v) is 4.43. The normalized spacial score (nSPS) is 11.6. The van der Waals surface area contributed by atoms with Crippen LogP contribution in [0.3, 0.4) is 0 Å². The predicted octanol–water partition coefficient (Wildman–Crippen LogP) is 1.39. The van der Waals surface area contributed by atoms with E-state index in [1.54, 1.807) is 19.1 Å². The molecular formula is C12H14N2O4S. The van der Waals surface area contributed by atoms with Gasteiger partial charge >= 0.3 is 0 Å². The molecule has 2 heterocycles. The van der Waals surface area contributed by atoms with Crippen LogP contribution in [-0.2, 0) is 16.4 Å². The average Bonchev–Trinajstić information content (AvgIpc) is 3.05. The largest absolute Gasteiger partial charge is 0.463 e. The van der Waals surface area contributed by atoms with Crippen LogP contribution in [0.2, 0.25) is 0 Å². The van der Waals surface area contributed by atoms with Crippen molar-refractivity contribution < 1.29 is 17.6 Å². The molecule has 0 unspecified atom stereocenters. The van der Waals surface area contributed by atoms with Crippen molar-refractivity contribution >= 4 is 16.1 Å². The molecule has 102 valence electrons. The van der Waals surface area contributed by atoms with Gasteiger partial charge in [0.25, 0.3) is 0 Å². The second-order valence-corrected chi connectivity index (χ2v) is 6.50. The molecule has 0 atom stereocenters. The molecule has 0 amide bonds. The van der Waals surface area contributed by atoms with Crippen molar-refractivity contribution in [3.05, 3.63) is 30.2 Å². The molecule has 6 nitrogen and oxygen atoms in total. The van der Waals surface area contributed by atoms with Crippen LogP contribution in [0, 0.1) is 0 Å². The number of carbonyl (C=O) groups is 1. The van der Waals surface area contributed by atoms with Crippen molar-refractivity contribution in [3.8, 4) is 11.5 Å². The summed E-state index contributed by atoms with van der Waals surface area (Å²) in [6, 6.07) is 3.40. The maximum absolute atomic E-state index is 11.4. The lowest BCUT2D eigenvalue weighted by atomic mass is 10.2. The topological polar surface area (TPSA) is 82.2 Å². The third-order valence-electron chi connectivity index (χ3n) is 2.74. The summed E-state index contributed by atoms with van der Waals surface area (Å²) in [5, 5.41) is 4.19. The van der Waals surface area contributed by atoms with E-state index in [-0.39, 0.29) is 18.1 Å². The summed E-state index contributed by atoms with van der Waals surface area (Å²) in [5.74, 6) is 0.584. The molecule has 2 aromatic rings. The Hall–Kier alpha value is -1.89. The minimum absolute atomic E-state index is 0.00106. The number of aldehydes is 1. The van der Waals surface area contributed by atoms with E-state index in [1.807, 2.05) is 0 Å². The Morgan fingerprint density at radius 1 is 1.47 bits per heavy atom. The summed E-state index contributed by atoms with van der Waals surface area (Å²) in [5.41, 5.74) is 0.803. The van der Waals surface area contributed by atoms with Gasteiger partial charge in [-0.25, -0.2) is 8.42 Å². The predicted molar refractivity (Wildman–Crippen MR) is 69.6 cm³/mol. The number of nitrogens with zero attached hydrogens (tertiary/aromatic N) is 2. The van der Waals surface area contributed by atoms with E-state index < -0.39 is 9.84 Å². The minimum Gasteiger partial charge on any atom is -0.463 e. The number of sulfone groups is 1. The third kappa shape index (κ3) is 3.11. The van der Waals surface area contributed by atoms with Crippen LogP contribution in [0.15, 0.2) is 29.0 Å². The molecule has 2 rings (SSSR count). The van der Waals surface area contributed by atoms with Gasteiger partial charge in [0, 0.05) is 11.9 Å². The Kier molecular flexibility index (Phi) is 3.84. The van der Waals surface area contributed by atoms with Crippen molar-refractivity contribution in [2.75, 3.05) is 11.5 Å². The second kappa shape index (κ2) is 5.40. The fourth-order valence-electron chi connectivity index (χ4n) is 1.62. The van der Waals surface area contributed by atoms with Gasteiger partial charge < -0.3 is 4.42 Å². The summed E-state index contributed by atoms with van der Waals surface area (Å²) in [4.78, 5) is 11.0. The first-order chi connectivity index (χ1) is 9.05. The van der Waals surface area contributed by atoms with E-state index in [0.717, 1.165) is 0 Å². The lowest BCUT2D eigenvalue weighted by molar-refractivity contribution is 0.112. The minimum atomic E-state index is -3.05. The lowest BCUT2D eigenvalue weighted by Gasteiger charge is -2.01. The fourth-order valence-corrected chi connectivity index (χ4v) is 2.37. The summed E-state index contributed by atoms with van der Waals surface area (Å²) in [6.45, 7) is 1.82. The zero-order valence-corrected chi connectivity index (χ0v) is 11.3. The number of hydrogen-bond acceptors (Lipinski definition) is 5. The van der Waals surface area contributed by atoms with Gasteiger partial charge in [0.1, 0.15) is 5.69 Å². The number of rotatable bonds is 6. The number of aryl methyl sites for hydroxylation is 1. The number of hydrogen-bond donors (Lipinski definition) is 0. The maximum Gasteiger partial charge on any atom is 0.154 e. The number of aromatic nitrogens is 2. The summed E-state index contributed by atoms with van der Waals surface area (Å²) >= 11 is 0. The Bertz CT molecular complexity index is 656. The van der Waals surface area contributed by atoms with Gasteiger partial charge in [-0.1, -0.05) is 6.92 Å². The van der Waals surface area contributed by atoms with Crippen molar-refractivity contribution in [1.82, 2.24) is 9.78 Å². The number of carbonyl (C=O) groups excluding carboxylic acids is 1. The molecule has 0 saturated heterocycles. The second-order valence-electron chi connectivity index (χ2n) is 4.03. The van der Waals surface area contributed by atoms with E-state index in [2.05, 4.69) is 5.10 Å². The lowest BCUT2D eigenvalue weighted by Crippen LogP contribution is -2.14. The highest BCUT2D eigenvalue weighted by molar-refractivity contribution is 7.91. The van der Waals surface area contributed by atoms with Crippen molar-refractivity contribution in [1.29, 1.82) is 0 Å². The molecular weight excluding hydrogens is 268 g/mol. The van der Waals surface area contributed by atoms with Gasteiger partial charge in [-0.15, -0.1) is 0 Å². The first-order valence-electron chi connectivity index (χ1n) is 5.82. The molecule has 0 spiro atoms. The van der Waals surface area contributed by atoms with E-state index in [4.69, 9.17) is 4.42 Å². The quantitative estimate of drug-likeness (QED) is 0.748. The van der Waals surface area contributed by atoms with E-state index in [9.17, 15) is 13.2 Å². The molecule has 0 bridgehead atoms. The van der Waals surface area contributed by atoms with Gasteiger partial charge in [-0.2, -0.15) is 5.10 Å². The molecule has 0 aliphatic rings. The fraction of sp³-hybridized carbons (Fsp3) is 0.333. The Morgan fingerprint density at radius 2 is 2.26 bits per heavy atom. The average molecular weight is 282 g/mol. The zero-order valence-electron chi connectivity index (χ0n) is 10.4. The Morgan fingerprint density at radius 3 is 2.84 bits per heavy atom. The summed E-state index contributed by atoms with van der Waals surface area (Å²) in [6.07, 6.45) is 3.69. The smallest absolute Gasteiger partial charge is 0.154 e. The van der Waals surface area contributed by atoms with E-state index in [1.165, 1.54) is 17.1 Å². The van der Waals surface area contributed by atoms with E-state index in [0.29, 0.717) is 23.3 Å². The monoisotopic (exact) mass is 282 g/mol. The van der Waals surface area contributed by atoms with Gasteiger partial charge in [-0.05, 0) is 12.1 Å². The molecule has 0 aliphatic heterocycles. The Labute approximate surface area is 111 Å². The first kappa shape index (κ1) is 13.5. The van der Waals surface area contributed by atoms with Gasteiger partial charge in [0.15, 0.2) is 21.9 Å². The molecule has 0 radical (unpaired) electrons. The Balaban J connectivity index is 2.23. The highest BCUT2D eigenvalue weighted by atomic mass is 32.2. The van der Waals surface area contributed by atoms with Gasteiger partial charge in [0.05, 0.1) is 24.1 Å². The first-order valence-corrected chi connectivity index (χ1v) is 7.65. The molecule has 0 fully saturated rings. The van der Waals surface area contributed by atoms with Gasteiger partial charge in [0.2, 0.25) is 0 Å². The van der Waals surface area contributed by atoms with Crippen LogP contribution in [-0.4, -0.2) is 36.0 Å². The molecule has 2 aromatic heterocycles. The molecule has 0 aromatic carbocycles. The van der Waals surface area contributed by atoms with Crippen LogP contribution < -0.4 is 0 Å². The van der Waals surface area contributed by atoms with Crippen LogP contribution in [0.4, 0.5) is 0 Å². The highest BCUT2D eigenvalue weighted by Gasteiger charge is 2.14.